The molecule has 2 aromatic heterocycles. The molecule has 0 N–H and O–H groups in total. The number of hydrogen-bond acceptors (Lipinski definition) is 2. The Bertz CT molecular complexity index is 534. The van der Waals surface area contributed by atoms with E-state index in [0.29, 0.717) is 6.04 Å². The summed E-state index contributed by atoms with van der Waals surface area (Å²) in [5.41, 5.74) is 1.08. The highest BCUT2D eigenvalue weighted by atomic mass is 35.5. The summed E-state index contributed by atoms with van der Waals surface area (Å²) in [7, 11) is 2.18. The topological polar surface area (TPSA) is 20.5 Å². The Hall–Kier alpha value is -1.06. The third-order valence-corrected chi connectivity index (χ3v) is 3.83. The zero-order valence-electron chi connectivity index (χ0n) is 9.93. The molecule has 17 heavy (non-hydrogen) atoms. The van der Waals surface area contributed by atoms with Crippen LogP contribution in [0.5, 0.6) is 0 Å². The fourth-order valence-electron chi connectivity index (χ4n) is 2.64. The Morgan fingerprint density at radius 3 is 3.12 bits per heavy atom. The molecule has 2 aromatic rings. The Kier molecular flexibility index (Phi) is 2.81. The Morgan fingerprint density at radius 1 is 1.41 bits per heavy atom. The van der Waals surface area contributed by atoms with Crippen molar-refractivity contribution in [1.82, 2.24) is 14.3 Å². The molecular weight excluding hydrogens is 234 g/mol. The minimum absolute atomic E-state index is 0.437. The highest BCUT2D eigenvalue weighted by Crippen LogP contribution is 2.29. The second-order valence-electron chi connectivity index (χ2n) is 4.75. The maximum atomic E-state index is 5.99. The lowest BCUT2D eigenvalue weighted by molar-refractivity contribution is 0.179. The van der Waals surface area contributed by atoms with Crippen molar-refractivity contribution in [3.8, 4) is 0 Å². The van der Waals surface area contributed by atoms with Crippen molar-refractivity contribution in [3.63, 3.8) is 0 Å². The maximum absolute atomic E-state index is 5.99. The van der Waals surface area contributed by atoms with E-state index in [1.165, 1.54) is 19.3 Å². The van der Waals surface area contributed by atoms with E-state index in [1.807, 2.05) is 24.5 Å². The normalized spacial score (nSPS) is 22.1. The molecule has 3 rings (SSSR count). The number of likely N-dealkylation sites (tertiary alicyclic amines) is 1. The van der Waals surface area contributed by atoms with Gasteiger partial charge in [0.05, 0.1) is 17.8 Å². The molecule has 0 aliphatic carbocycles. The number of nitrogens with zero attached hydrogens (tertiary/aromatic N) is 3. The first-order chi connectivity index (χ1) is 8.25. The van der Waals surface area contributed by atoms with E-state index in [-0.39, 0.29) is 0 Å². The molecule has 1 unspecified atom stereocenters. The number of aromatic nitrogens is 2. The van der Waals surface area contributed by atoms with E-state index in [0.717, 1.165) is 22.9 Å². The van der Waals surface area contributed by atoms with Gasteiger partial charge in [0.1, 0.15) is 5.82 Å². The van der Waals surface area contributed by atoms with E-state index in [9.17, 15) is 0 Å². The monoisotopic (exact) mass is 249 g/mol. The second-order valence-corrected chi connectivity index (χ2v) is 5.18. The van der Waals surface area contributed by atoms with Crippen molar-refractivity contribution in [3.05, 3.63) is 35.4 Å². The van der Waals surface area contributed by atoms with Crippen molar-refractivity contribution in [1.29, 1.82) is 0 Å². The highest BCUT2D eigenvalue weighted by Gasteiger charge is 2.24. The summed E-state index contributed by atoms with van der Waals surface area (Å²) in [6, 6.07) is 4.32. The van der Waals surface area contributed by atoms with Crippen LogP contribution < -0.4 is 0 Å². The summed E-state index contributed by atoms with van der Waals surface area (Å²) in [6.45, 7) is 1.16. The first-order valence-electron chi connectivity index (χ1n) is 6.08. The van der Waals surface area contributed by atoms with Crippen LogP contribution in [-0.4, -0.2) is 27.9 Å². The van der Waals surface area contributed by atoms with Gasteiger partial charge in [-0.05, 0) is 38.6 Å². The third-order valence-electron chi connectivity index (χ3n) is 3.59. The number of hydrogen-bond donors (Lipinski definition) is 0. The molecule has 0 amide bonds. The maximum Gasteiger partial charge on any atom is 0.130 e. The summed E-state index contributed by atoms with van der Waals surface area (Å²) in [5, 5.41) is 0.765. The van der Waals surface area contributed by atoms with Crippen LogP contribution in [0.3, 0.4) is 0 Å². The zero-order valence-corrected chi connectivity index (χ0v) is 10.7. The van der Waals surface area contributed by atoms with E-state index in [4.69, 9.17) is 11.6 Å². The van der Waals surface area contributed by atoms with Crippen molar-refractivity contribution in [2.75, 3.05) is 13.6 Å². The molecule has 1 aliphatic heterocycles. The molecule has 0 saturated carbocycles. The van der Waals surface area contributed by atoms with Crippen LogP contribution in [0.4, 0.5) is 0 Å². The average molecular weight is 250 g/mol. The summed E-state index contributed by atoms with van der Waals surface area (Å²) >= 11 is 5.99. The molecule has 0 radical (unpaired) electrons. The predicted octanol–water partition coefficient (Wildman–Crippen LogP) is 3.14. The average Bonchev–Trinajstić information content (AvgIpc) is 2.72. The van der Waals surface area contributed by atoms with Crippen molar-refractivity contribution >= 4 is 17.1 Å². The molecule has 1 saturated heterocycles. The van der Waals surface area contributed by atoms with Gasteiger partial charge in [-0.15, -0.1) is 0 Å². The van der Waals surface area contributed by atoms with Crippen molar-refractivity contribution < 1.29 is 0 Å². The van der Waals surface area contributed by atoms with Crippen LogP contribution in [-0.2, 0) is 0 Å². The summed E-state index contributed by atoms with van der Waals surface area (Å²) < 4.78 is 2.15. The van der Waals surface area contributed by atoms with Crippen molar-refractivity contribution in [2.24, 2.45) is 0 Å². The molecule has 1 fully saturated rings. The van der Waals surface area contributed by atoms with Gasteiger partial charge < -0.3 is 4.40 Å². The lowest BCUT2D eigenvalue weighted by Crippen LogP contribution is -2.30. The van der Waals surface area contributed by atoms with Gasteiger partial charge in [-0.3, -0.25) is 4.90 Å². The number of halogens is 1. The number of imidazole rings is 1. The van der Waals surface area contributed by atoms with Crippen molar-refractivity contribution in [2.45, 2.75) is 25.3 Å². The van der Waals surface area contributed by atoms with Crippen LogP contribution in [0, 0.1) is 0 Å². The van der Waals surface area contributed by atoms with Gasteiger partial charge >= 0.3 is 0 Å². The predicted molar refractivity (Wildman–Crippen MR) is 69.4 cm³/mol. The lowest BCUT2D eigenvalue weighted by atomic mass is 10.0. The largest absolute Gasteiger partial charge is 0.302 e. The number of rotatable bonds is 1. The molecule has 4 heteroatoms. The standard InChI is InChI=1S/C13H16ClN3/c1-16-6-3-2-4-12(16)13-15-9-11-8-10(14)5-7-17(11)13/h5,7-9,12H,2-4,6H2,1H3. The van der Waals surface area contributed by atoms with Crippen LogP contribution in [0.15, 0.2) is 24.5 Å². The molecule has 3 heterocycles. The van der Waals surface area contributed by atoms with E-state index in [1.54, 1.807) is 0 Å². The zero-order chi connectivity index (χ0) is 11.8. The Morgan fingerprint density at radius 2 is 2.29 bits per heavy atom. The SMILES string of the molecule is CN1CCCCC1c1ncc2cc(Cl)ccn12. The van der Waals surface area contributed by atoms with Gasteiger partial charge in [0.15, 0.2) is 0 Å². The molecule has 3 nitrogen and oxygen atoms in total. The molecule has 1 aliphatic rings. The number of fused-ring (bicyclic) bond motifs is 1. The number of piperidine rings is 1. The second kappa shape index (κ2) is 4.31. The molecule has 0 spiro atoms. The van der Waals surface area contributed by atoms with E-state index >= 15 is 0 Å². The lowest BCUT2D eigenvalue weighted by Gasteiger charge is -2.31. The summed E-state index contributed by atoms with van der Waals surface area (Å²) in [4.78, 5) is 6.97. The molecule has 0 aromatic carbocycles. The number of pyridine rings is 1. The summed E-state index contributed by atoms with van der Waals surface area (Å²) in [6.07, 6.45) is 7.70. The minimum atomic E-state index is 0.437. The van der Waals surface area contributed by atoms with Gasteiger partial charge in [0.25, 0.3) is 0 Å². The van der Waals surface area contributed by atoms with Gasteiger partial charge in [-0.2, -0.15) is 0 Å². The summed E-state index contributed by atoms with van der Waals surface area (Å²) in [5.74, 6) is 1.14. The van der Waals surface area contributed by atoms with E-state index in [2.05, 4.69) is 21.3 Å². The molecule has 1 atom stereocenters. The Balaban J connectivity index is 2.05. The quantitative estimate of drug-likeness (QED) is 0.774. The van der Waals surface area contributed by atoms with Gasteiger partial charge in [0.2, 0.25) is 0 Å². The fraction of sp³-hybridized carbons (Fsp3) is 0.462. The van der Waals surface area contributed by atoms with Gasteiger partial charge in [-0.25, -0.2) is 4.98 Å². The van der Waals surface area contributed by atoms with Gasteiger partial charge in [-0.1, -0.05) is 18.0 Å². The minimum Gasteiger partial charge on any atom is -0.302 e. The van der Waals surface area contributed by atoms with Crippen LogP contribution in [0.25, 0.3) is 5.52 Å². The molecular formula is C13H16ClN3. The van der Waals surface area contributed by atoms with Gasteiger partial charge in [0, 0.05) is 11.2 Å². The van der Waals surface area contributed by atoms with Crippen LogP contribution in [0.2, 0.25) is 5.02 Å². The molecule has 0 bridgehead atoms. The van der Waals surface area contributed by atoms with Crippen LogP contribution in [0.1, 0.15) is 31.1 Å². The first-order valence-corrected chi connectivity index (χ1v) is 6.46. The van der Waals surface area contributed by atoms with E-state index < -0.39 is 0 Å². The van der Waals surface area contributed by atoms with Crippen LogP contribution >= 0.6 is 11.6 Å². The highest BCUT2D eigenvalue weighted by molar-refractivity contribution is 6.30. The smallest absolute Gasteiger partial charge is 0.130 e. The third kappa shape index (κ3) is 1.94. The Labute approximate surface area is 106 Å². The fourth-order valence-corrected chi connectivity index (χ4v) is 2.81. The molecule has 90 valence electrons. The first kappa shape index (κ1) is 11.1.